The van der Waals surface area contributed by atoms with Gasteiger partial charge in [-0.1, -0.05) is 65.8 Å². The van der Waals surface area contributed by atoms with E-state index in [2.05, 4.69) is 46.4 Å². The smallest absolute Gasteiger partial charge is 0.0216 e. The average Bonchev–Trinajstić information content (AvgIpc) is 2.25. The van der Waals surface area contributed by atoms with Crippen molar-refractivity contribution in [3.63, 3.8) is 0 Å². The third-order valence-electron chi connectivity index (χ3n) is 2.10. The van der Waals surface area contributed by atoms with E-state index < -0.39 is 0 Å². The van der Waals surface area contributed by atoms with E-state index in [0.29, 0.717) is 5.92 Å². The van der Waals surface area contributed by atoms with Crippen LogP contribution in [0.1, 0.15) is 54.4 Å². The summed E-state index contributed by atoms with van der Waals surface area (Å²) in [7, 11) is 0. The fourth-order valence-electron chi connectivity index (χ4n) is 1.48. The van der Waals surface area contributed by atoms with Crippen LogP contribution in [0.25, 0.3) is 0 Å². The Morgan fingerprint density at radius 1 is 1.27 bits per heavy atom. The van der Waals surface area contributed by atoms with E-state index >= 15 is 0 Å². The van der Waals surface area contributed by atoms with Crippen LogP contribution in [-0.4, -0.2) is 0 Å². The summed E-state index contributed by atoms with van der Waals surface area (Å²) in [5.41, 5.74) is 2.83. The van der Waals surface area contributed by atoms with Crippen LogP contribution in [0, 0.1) is 5.92 Å². The summed E-state index contributed by atoms with van der Waals surface area (Å²) in [6, 6.07) is 0. The van der Waals surface area contributed by atoms with Gasteiger partial charge in [0.1, 0.15) is 0 Å². The van der Waals surface area contributed by atoms with Crippen molar-refractivity contribution < 1.29 is 0 Å². The summed E-state index contributed by atoms with van der Waals surface area (Å²) in [6.45, 7) is 16.6. The molecule has 15 heavy (non-hydrogen) atoms. The second-order valence-corrected chi connectivity index (χ2v) is 3.59. The van der Waals surface area contributed by atoms with Crippen LogP contribution in [0.5, 0.6) is 0 Å². The highest BCUT2D eigenvalue weighted by molar-refractivity contribution is 5.33. The van der Waals surface area contributed by atoms with Crippen molar-refractivity contribution in [2.45, 2.75) is 54.4 Å². The van der Waals surface area contributed by atoms with Gasteiger partial charge >= 0.3 is 0 Å². The normalized spacial score (nSPS) is 12.2. The summed E-state index contributed by atoms with van der Waals surface area (Å²) in [5.74, 6) is 0.593. The monoisotopic (exact) mass is 208 g/mol. The molecule has 0 aliphatic heterocycles. The van der Waals surface area contributed by atoms with Crippen LogP contribution in [0.2, 0.25) is 0 Å². The van der Waals surface area contributed by atoms with Crippen LogP contribution in [0.15, 0.2) is 36.0 Å². The molecule has 0 aromatic rings. The van der Waals surface area contributed by atoms with Gasteiger partial charge in [-0.15, -0.1) is 0 Å². The molecule has 0 aliphatic carbocycles. The lowest BCUT2D eigenvalue weighted by Gasteiger charge is -2.11. The Hall–Kier alpha value is -0.780. The molecule has 0 aromatic carbocycles. The minimum atomic E-state index is 0.593. The van der Waals surface area contributed by atoms with Crippen molar-refractivity contribution >= 4 is 0 Å². The maximum atomic E-state index is 3.87. The first-order valence-corrected chi connectivity index (χ1v) is 6.15. The van der Waals surface area contributed by atoms with Crippen molar-refractivity contribution in [3.05, 3.63) is 36.0 Å². The van der Waals surface area contributed by atoms with Crippen molar-refractivity contribution in [2.24, 2.45) is 5.92 Å². The molecule has 0 heteroatoms. The van der Waals surface area contributed by atoms with Crippen LogP contribution >= 0.6 is 0 Å². The Labute approximate surface area is 96.8 Å². The van der Waals surface area contributed by atoms with E-state index in [4.69, 9.17) is 0 Å². The molecule has 0 aromatic heterocycles. The lowest BCUT2D eigenvalue weighted by atomic mass is 9.94. The first-order chi connectivity index (χ1) is 7.17. The zero-order chi connectivity index (χ0) is 12.3. The van der Waals surface area contributed by atoms with E-state index in [1.54, 1.807) is 0 Å². The van der Waals surface area contributed by atoms with Gasteiger partial charge in [0.25, 0.3) is 0 Å². The highest BCUT2D eigenvalue weighted by Crippen LogP contribution is 2.20. The first kappa shape index (κ1) is 16.6. The van der Waals surface area contributed by atoms with Gasteiger partial charge < -0.3 is 0 Å². The Balaban J connectivity index is 0. The first-order valence-electron chi connectivity index (χ1n) is 6.15. The van der Waals surface area contributed by atoms with Gasteiger partial charge in [0.2, 0.25) is 0 Å². The minimum Gasteiger partial charge on any atom is -0.0988 e. The molecule has 0 fully saturated rings. The fraction of sp³-hybridized carbons (Fsp3) is 0.600. The van der Waals surface area contributed by atoms with Crippen molar-refractivity contribution in [2.75, 3.05) is 0 Å². The molecule has 0 aliphatic rings. The topological polar surface area (TPSA) is 0 Å². The van der Waals surface area contributed by atoms with Crippen molar-refractivity contribution in [1.29, 1.82) is 0 Å². The molecule has 0 amide bonds. The van der Waals surface area contributed by atoms with Crippen molar-refractivity contribution in [3.8, 4) is 0 Å². The van der Waals surface area contributed by atoms with Crippen LogP contribution in [-0.2, 0) is 0 Å². The zero-order valence-corrected chi connectivity index (χ0v) is 11.4. The number of hydrogen-bond acceptors (Lipinski definition) is 0. The fourth-order valence-corrected chi connectivity index (χ4v) is 1.48. The van der Waals surface area contributed by atoms with Crippen molar-refractivity contribution in [1.82, 2.24) is 0 Å². The van der Waals surface area contributed by atoms with Gasteiger partial charge in [0.05, 0.1) is 0 Å². The summed E-state index contributed by atoms with van der Waals surface area (Å²) >= 11 is 0. The minimum absolute atomic E-state index is 0.593. The van der Waals surface area contributed by atoms with Gasteiger partial charge in [-0.25, -0.2) is 0 Å². The molecular formula is C15H28. The van der Waals surface area contributed by atoms with E-state index in [1.807, 2.05) is 19.9 Å². The largest absolute Gasteiger partial charge is 0.0988 e. The zero-order valence-electron chi connectivity index (χ0n) is 11.4. The highest BCUT2D eigenvalue weighted by atomic mass is 14.1. The maximum Gasteiger partial charge on any atom is -0.0216 e. The Morgan fingerprint density at radius 2 is 1.80 bits per heavy atom. The molecule has 0 atom stereocenters. The molecule has 0 unspecified atom stereocenters. The number of allylic oxidation sites excluding steroid dienone is 5. The molecule has 0 bridgehead atoms. The second-order valence-electron chi connectivity index (χ2n) is 3.59. The van der Waals surface area contributed by atoms with Gasteiger partial charge in [-0.3, -0.25) is 0 Å². The predicted octanol–water partition coefficient (Wildman–Crippen LogP) is 5.53. The molecule has 0 rings (SSSR count). The molecule has 0 heterocycles. The second kappa shape index (κ2) is 11.3. The molecular weight excluding hydrogens is 180 g/mol. The Kier molecular flexibility index (Phi) is 12.5. The molecule has 0 saturated heterocycles. The third kappa shape index (κ3) is 7.18. The predicted molar refractivity (Wildman–Crippen MR) is 73.1 cm³/mol. The molecule has 0 radical (unpaired) electrons. The summed E-state index contributed by atoms with van der Waals surface area (Å²) in [6.07, 6.45) is 8.64. The van der Waals surface area contributed by atoms with Gasteiger partial charge in [0.15, 0.2) is 0 Å². The summed E-state index contributed by atoms with van der Waals surface area (Å²) < 4.78 is 0. The SMILES string of the molecule is C=C/C(CCC)=C(\C=C/C)C(C)C.CC. The summed E-state index contributed by atoms with van der Waals surface area (Å²) in [4.78, 5) is 0. The Morgan fingerprint density at radius 3 is 2.07 bits per heavy atom. The van der Waals surface area contributed by atoms with Gasteiger partial charge in [-0.2, -0.15) is 0 Å². The maximum absolute atomic E-state index is 3.87. The van der Waals surface area contributed by atoms with Crippen LogP contribution < -0.4 is 0 Å². The Bertz CT molecular complexity index is 204. The molecule has 88 valence electrons. The standard InChI is InChI=1S/C13H22.C2H6/c1-6-9-12(8-3)13(10-7-2)11(4)5;1-2/h7-8,10-11H,3,6,9H2,1-2,4-5H3;1-2H3/b10-7-,13-12-;. The molecule has 0 N–H and O–H groups in total. The van der Waals surface area contributed by atoms with E-state index in [0.717, 1.165) is 6.42 Å². The highest BCUT2D eigenvalue weighted by Gasteiger charge is 2.04. The van der Waals surface area contributed by atoms with E-state index in [9.17, 15) is 0 Å². The molecule has 0 spiro atoms. The lowest BCUT2D eigenvalue weighted by Crippen LogP contribution is -1.95. The molecule has 0 saturated carbocycles. The van der Waals surface area contributed by atoms with E-state index in [-0.39, 0.29) is 0 Å². The summed E-state index contributed by atoms with van der Waals surface area (Å²) in [5, 5.41) is 0. The quantitative estimate of drug-likeness (QED) is 0.521. The number of rotatable bonds is 5. The third-order valence-corrected chi connectivity index (χ3v) is 2.10. The average molecular weight is 208 g/mol. The number of hydrogen-bond donors (Lipinski definition) is 0. The van der Waals surface area contributed by atoms with E-state index in [1.165, 1.54) is 17.6 Å². The lowest BCUT2D eigenvalue weighted by molar-refractivity contribution is 0.767. The van der Waals surface area contributed by atoms with Gasteiger partial charge in [-0.05, 0) is 30.4 Å². The van der Waals surface area contributed by atoms with Crippen LogP contribution in [0.4, 0.5) is 0 Å². The molecule has 0 nitrogen and oxygen atoms in total. The van der Waals surface area contributed by atoms with Gasteiger partial charge in [0, 0.05) is 0 Å². The van der Waals surface area contributed by atoms with Crippen LogP contribution in [0.3, 0.4) is 0 Å².